The zero-order valence-corrected chi connectivity index (χ0v) is 11.9. The number of H-pyrrole nitrogens is 1. The Morgan fingerprint density at radius 3 is 2.55 bits per heavy atom. The molecule has 22 heavy (non-hydrogen) atoms. The van der Waals surface area contributed by atoms with Crippen LogP contribution in [0.5, 0.6) is 0 Å². The quantitative estimate of drug-likeness (QED) is 0.277. The zero-order chi connectivity index (χ0) is 16.7. The number of nitrogens with two attached hydrogens (primary N) is 2. The highest BCUT2D eigenvalue weighted by atomic mass is 31.2. The number of ether oxygens (including phenoxy) is 1. The smallest absolute Gasteiger partial charge is 0.387 e. The predicted octanol–water partition coefficient (Wildman–Crippen LogP) is -2.64. The second-order valence-corrected chi connectivity index (χ2v) is 5.85. The number of rotatable bonds is 5. The monoisotopic (exact) mass is 338 g/mol. The Morgan fingerprint density at radius 1 is 1.41 bits per heavy atom. The Kier molecular flexibility index (Phi) is 4.54. The highest BCUT2D eigenvalue weighted by Crippen LogP contribution is 2.39. The lowest BCUT2D eigenvalue weighted by molar-refractivity contribution is -0.0245. The van der Waals surface area contributed by atoms with E-state index in [2.05, 4.69) is 14.5 Å². The number of aromatic nitrogens is 2. The van der Waals surface area contributed by atoms with Crippen molar-refractivity contribution in [3.8, 4) is 0 Å². The molecule has 1 aromatic heterocycles. The number of phosphoric acid groups is 1. The minimum atomic E-state index is -4.75. The van der Waals surface area contributed by atoms with Gasteiger partial charge in [0.15, 0.2) is 5.82 Å². The summed E-state index contributed by atoms with van der Waals surface area (Å²) in [7, 11) is -4.75. The average Bonchev–Trinajstić information content (AvgIpc) is 2.90. The van der Waals surface area contributed by atoms with E-state index in [4.69, 9.17) is 26.0 Å². The van der Waals surface area contributed by atoms with Crippen molar-refractivity contribution in [2.75, 3.05) is 12.3 Å². The number of amides is 1. The standard InChI is InChI=1S/C9H15N4O8P/c10-7-3(8(11)16)12-9(13-7)6-5(15)4(14)2(21-6)1-20-22(17,18)19/h2,4-6,14-15H,1,10H2,(H2,11,16)(H,12,13)(H2,17,18,19)/t2-,4-,5-,6?/m1/s1. The minimum absolute atomic E-state index is 0.0588. The van der Waals surface area contributed by atoms with Crippen molar-refractivity contribution in [3.63, 3.8) is 0 Å². The molecule has 2 rings (SSSR count). The number of aromatic amines is 1. The predicted molar refractivity (Wildman–Crippen MR) is 69.1 cm³/mol. The van der Waals surface area contributed by atoms with Crippen molar-refractivity contribution in [2.45, 2.75) is 24.4 Å². The normalized spacial score (nSPS) is 28.9. The third-order valence-electron chi connectivity index (χ3n) is 3.04. The number of phosphoric ester groups is 1. The van der Waals surface area contributed by atoms with Gasteiger partial charge in [0.2, 0.25) is 0 Å². The molecule has 9 N–H and O–H groups in total. The maximum absolute atomic E-state index is 11.1. The Labute approximate surface area is 123 Å². The van der Waals surface area contributed by atoms with Crippen LogP contribution in [0.4, 0.5) is 5.82 Å². The first-order valence-corrected chi connectivity index (χ1v) is 7.50. The van der Waals surface area contributed by atoms with Gasteiger partial charge in [0.25, 0.3) is 5.91 Å². The fourth-order valence-electron chi connectivity index (χ4n) is 2.01. The fourth-order valence-corrected chi connectivity index (χ4v) is 2.35. The number of nitrogen functional groups attached to an aromatic ring is 1. The molecule has 1 unspecified atom stereocenters. The van der Waals surface area contributed by atoms with Crippen molar-refractivity contribution in [3.05, 3.63) is 11.5 Å². The van der Waals surface area contributed by atoms with Crippen LogP contribution in [0.2, 0.25) is 0 Å². The number of aliphatic hydroxyl groups excluding tert-OH is 2. The van der Waals surface area contributed by atoms with Crippen molar-refractivity contribution < 1.29 is 38.6 Å². The first kappa shape index (κ1) is 16.8. The Bertz CT molecular complexity index is 615. The van der Waals surface area contributed by atoms with E-state index in [0.29, 0.717) is 0 Å². The molecule has 0 spiro atoms. The summed E-state index contributed by atoms with van der Waals surface area (Å²) >= 11 is 0. The van der Waals surface area contributed by atoms with E-state index in [1.54, 1.807) is 0 Å². The van der Waals surface area contributed by atoms with Gasteiger partial charge in [-0.3, -0.25) is 9.32 Å². The number of hydrogen-bond acceptors (Lipinski definition) is 8. The number of anilines is 1. The van der Waals surface area contributed by atoms with Crippen molar-refractivity contribution in [2.24, 2.45) is 5.73 Å². The van der Waals surface area contributed by atoms with Crippen LogP contribution in [0.1, 0.15) is 22.4 Å². The molecule has 1 amide bonds. The van der Waals surface area contributed by atoms with Crippen LogP contribution in [-0.4, -0.2) is 60.8 Å². The molecular weight excluding hydrogens is 323 g/mol. The van der Waals surface area contributed by atoms with Gasteiger partial charge < -0.3 is 41.2 Å². The molecule has 1 aliphatic rings. The molecule has 12 nitrogen and oxygen atoms in total. The third-order valence-corrected chi connectivity index (χ3v) is 3.52. The van der Waals surface area contributed by atoms with Crippen molar-refractivity contribution in [1.82, 2.24) is 9.97 Å². The van der Waals surface area contributed by atoms with E-state index < -0.39 is 44.8 Å². The highest BCUT2D eigenvalue weighted by Gasteiger charge is 2.45. The maximum atomic E-state index is 11.1. The van der Waals surface area contributed by atoms with Gasteiger partial charge in [0.1, 0.15) is 35.9 Å². The number of carbonyl (C=O) groups is 1. The third kappa shape index (κ3) is 3.44. The van der Waals surface area contributed by atoms with Crippen LogP contribution in [0.3, 0.4) is 0 Å². The molecule has 13 heteroatoms. The van der Waals surface area contributed by atoms with Gasteiger partial charge in [-0.05, 0) is 0 Å². The highest BCUT2D eigenvalue weighted by molar-refractivity contribution is 7.46. The number of hydrogen-bond donors (Lipinski definition) is 7. The minimum Gasteiger partial charge on any atom is -0.387 e. The summed E-state index contributed by atoms with van der Waals surface area (Å²) in [6, 6.07) is 0. The molecule has 1 aliphatic heterocycles. The van der Waals surface area contributed by atoms with Crippen molar-refractivity contribution in [1.29, 1.82) is 0 Å². The molecule has 1 saturated heterocycles. The van der Waals surface area contributed by atoms with Gasteiger partial charge in [0.05, 0.1) is 6.61 Å². The average molecular weight is 338 g/mol. The van der Waals surface area contributed by atoms with Crippen LogP contribution in [0, 0.1) is 0 Å². The Balaban J connectivity index is 2.14. The second kappa shape index (κ2) is 5.93. The SMILES string of the molecule is NC(=O)c1[nH]c(C2O[C@H](COP(=O)(O)O)[C@@H](O)[C@H]2O)nc1N. The number of imidazole rings is 1. The van der Waals surface area contributed by atoms with Crippen LogP contribution in [0.15, 0.2) is 0 Å². The molecule has 4 atom stereocenters. The molecular formula is C9H15N4O8P. The molecule has 2 heterocycles. The van der Waals surface area contributed by atoms with Gasteiger partial charge >= 0.3 is 7.82 Å². The van der Waals surface area contributed by atoms with E-state index in [1.807, 2.05) is 0 Å². The topological polar surface area (TPSA) is 214 Å². The summed E-state index contributed by atoms with van der Waals surface area (Å²) in [5.74, 6) is -1.13. The van der Waals surface area contributed by atoms with Crippen LogP contribution >= 0.6 is 7.82 Å². The fraction of sp³-hybridized carbons (Fsp3) is 0.556. The number of aliphatic hydroxyl groups is 2. The lowest BCUT2D eigenvalue weighted by Gasteiger charge is -2.14. The Morgan fingerprint density at radius 2 is 2.05 bits per heavy atom. The lowest BCUT2D eigenvalue weighted by Crippen LogP contribution is -2.33. The van der Waals surface area contributed by atoms with E-state index in [0.717, 1.165) is 0 Å². The molecule has 0 bridgehead atoms. The zero-order valence-electron chi connectivity index (χ0n) is 11.0. The number of nitrogens with one attached hydrogen (secondary N) is 1. The van der Waals surface area contributed by atoms with Gasteiger partial charge in [-0.25, -0.2) is 9.55 Å². The van der Waals surface area contributed by atoms with Gasteiger partial charge in [-0.1, -0.05) is 0 Å². The number of primary amides is 1. The van der Waals surface area contributed by atoms with Crippen LogP contribution < -0.4 is 11.5 Å². The summed E-state index contributed by atoms with van der Waals surface area (Å²) in [5, 5.41) is 19.7. The second-order valence-electron chi connectivity index (χ2n) is 4.61. The summed E-state index contributed by atoms with van der Waals surface area (Å²) in [4.78, 5) is 34.6. The van der Waals surface area contributed by atoms with Gasteiger partial charge in [0, 0.05) is 0 Å². The summed E-state index contributed by atoms with van der Waals surface area (Å²) < 4.78 is 20.1. The van der Waals surface area contributed by atoms with Crippen molar-refractivity contribution >= 4 is 19.5 Å². The number of carbonyl (C=O) groups excluding carboxylic acids is 1. The van der Waals surface area contributed by atoms with Crippen LogP contribution in [-0.2, 0) is 13.8 Å². The molecule has 0 saturated carbocycles. The largest absolute Gasteiger partial charge is 0.469 e. The van der Waals surface area contributed by atoms with E-state index in [1.165, 1.54) is 0 Å². The maximum Gasteiger partial charge on any atom is 0.469 e. The molecule has 1 aromatic rings. The first-order valence-electron chi connectivity index (χ1n) is 5.97. The molecule has 0 radical (unpaired) electrons. The first-order chi connectivity index (χ1) is 10.1. The van der Waals surface area contributed by atoms with Gasteiger partial charge in [-0.15, -0.1) is 0 Å². The number of nitrogens with zero attached hydrogens (tertiary/aromatic N) is 1. The van der Waals surface area contributed by atoms with E-state index in [9.17, 15) is 19.6 Å². The molecule has 124 valence electrons. The lowest BCUT2D eigenvalue weighted by atomic mass is 10.1. The van der Waals surface area contributed by atoms with Crippen LogP contribution in [0.25, 0.3) is 0 Å². The molecule has 0 aliphatic carbocycles. The molecule has 0 aromatic carbocycles. The van der Waals surface area contributed by atoms with E-state index in [-0.39, 0.29) is 17.3 Å². The summed E-state index contributed by atoms with van der Waals surface area (Å²) in [6.45, 7) is -0.655. The summed E-state index contributed by atoms with van der Waals surface area (Å²) in [5.41, 5.74) is 10.3. The molecule has 1 fully saturated rings. The summed E-state index contributed by atoms with van der Waals surface area (Å²) in [6.07, 6.45) is -5.37. The van der Waals surface area contributed by atoms with Gasteiger partial charge in [-0.2, -0.15) is 0 Å². The Hall–Kier alpha value is -1.53. The van der Waals surface area contributed by atoms with E-state index >= 15 is 0 Å².